The monoisotopic (exact) mass is 275 g/mol. The second-order valence-electron chi connectivity index (χ2n) is 4.46. The molecular weight excluding hydrogens is 261 g/mol. The zero-order chi connectivity index (χ0) is 13.9. The van der Waals surface area contributed by atoms with Gasteiger partial charge < -0.3 is 19.9 Å². The molecule has 3 rings (SSSR count). The summed E-state index contributed by atoms with van der Waals surface area (Å²) in [6, 6.07) is 9.60. The lowest BCUT2D eigenvalue weighted by atomic mass is 10.1. The molecule has 0 radical (unpaired) electrons. The minimum absolute atomic E-state index is 0.282. The maximum atomic E-state index is 13.0. The van der Waals surface area contributed by atoms with E-state index in [0.717, 1.165) is 5.56 Å². The summed E-state index contributed by atoms with van der Waals surface area (Å²) < 4.78 is 29.5. The van der Waals surface area contributed by atoms with Gasteiger partial charge in [-0.25, -0.2) is 4.39 Å². The van der Waals surface area contributed by atoms with Gasteiger partial charge in [-0.15, -0.1) is 0 Å². The van der Waals surface area contributed by atoms with Crippen LogP contribution >= 0.6 is 0 Å². The van der Waals surface area contributed by atoms with E-state index >= 15 is 0 Å². The van der Waals surface area contributed by atoms with Crippen molar-refractivity contribution in [1.82, 2.24) is 0 Å². The second-order valence-corrected chi connectivity index (χ2v) is 4.46. The van der Waals surface area contributed by atoms with E-state index in [-0.39, 0.29) is 12.4 Å². The zero-order valence-corrected chi connectivity index (χ0v) is 10.8. The van der Waals surface area contributed by atoms with Crippen molar-refractivity contribution < 1.29 is 18.6 Å². The third-order valence-corrected chi connectivity index (χ3v) is 2.93. The predicted molar refractivity (Wildman–Crippen MR) is 72.6 cm³/mol. The molecule has 1 aliphatic heterocycles. The summed E-state index contributed by atoms with van der Waals surface area (Å²) in [7, 11) is 0. The number of anilines is 1. The van der Waals surface area contributed by atoms with E-state index in [1.54, 1.807) is 18.2 Å². The average molecular weight is 275 g/mol. The Morgan fingerprint density at radius 2 is 2.00 bits per heavy atom. The van der Waals surface area contributed by atoms with Crippen LogP contribution in [0.15, 0.2) is 36.4 Å². The van der Waals surface area contributed by atoms with Gasteiger partial charge >= 0.3 is 0 Å². The first-order valence-corrected chi connectivity index (χ1v) is 6.29. The number of benzene rings is 2. The Labute approximate surface area is 115 Å². The maximum absolute atomic E-state index is 13.0. The number of rotatable bonds is 3. The summed E-state index contributed by atoms with van der Waals surface area (Å²) in [6.07, 6.45) is 0. The van der Waals surface area contributed by atoms with Crippen molar-refractivity contribution in [2.75, 3.05) is 18.9 Å². The molecule has 104 valence electrons. The number of nitrogen functional groups attached to an aromatic ring is 1. The molecule has 0 saturated carbocycles. The number of fused-ring (bicyclic) bond motifs is 1. The molecule has 1 heterocycles. The van der Waals surface area contributed by atoms with Crippen molar-refractivity contribution in [3.8, 4) is 17.2 Å². The molecular formula is C15H14FNO3. The highest BCUT2D eigenvalue weighted by Crippen LogP contribution is 2.37. The van der Waals surface area contributed by atoms with Gasteiger partial charge in [0.15, 0.2) is 11.5 Å². The van der Waals surface area contributed by atoms with Crippen LogP contribution in [-0.2, 0) is 6.61 Å². The number of hydrogen-bond donors (Lipinski definition) is 1. The van der Waals surface area contributed by atoms with Crippen molar-refractivity contribution in [2.45, 2.75) is 6.61 Å². The molecule has 2 aromatic carbocycles. The van der Waals surface area contributed by atoms with Gasteiger partial charge in [-0.2, -0.15) is 0 Å². The van der Waals surface area contributed by atoms with Crippen LogP contribution in [0.1, 0.15) is 5.56 Å². The van der Waals surface area contributed by atoms with Crippen molar-refractivity contribution in [2.24, 2.45) is 0 Å². The summed E-state index contributed by atoms with van der Waals surface area (Å²) in [5.74, 6) is 1.34. The van der Waals surface area contributed by atoms with Crippen LogP contribution in [0, 0.1) is 5.82 Å². The third kappa shape index (κ3) is 2.61. The van der Waals surface area contributed by atoms with Crippen LogP contribution in [0.25, 0.3) is 0 Å². The lowest BCUT2D eigenvalue weighted by Crippen LogP contribution is -2.17. The molecule has 0 aliphatic carbocycles. The van der Waals surface area contributed by atoms with E-state index in [4.69, 9.17) is 19.9 Å². The first-order valence-electron chi connectivity index (χ1n) is 6.29. The van der Waals surface area contributed by atoms with Crippen LogP contribution in [0.3, 0.4) is 0 Å². The van der Waals surface area contributed by atoms with Gasteiger partial charge in [-0.3, -0.25) is 0 Å². The van der Waals surface area contributed by atoms with E-state index < -0.39 is 0 Å². The van der Waals surface area contributed by atoms with E-state index in [9.17, 15) is 4.39 Å². The fourth-order valence-corrected chi connectivity index (χ4v) is 2.05. The standard InChI is InChI=1S/C15H14FNO3/c16-11-2-1-3-12(8-11)20-9-10-6-13(17)15-14(7-10)18-4-5-19-15/h1-3,6-8H,4-5,9,17H2. The molecule has 0 atom stereocenters. The van der Waals surface area contributed by atoms with Crippen LogP contribution < -0.4 is 19.9 Å². The Balaban J connectivity index is 1.76. The van der Waals surface area contributed by atoms with Gasteiger partial charge in [0.1, 0.15) is 31.4 Å². The lowest BCUT2D eigenvalue weighted by Gasteiger charge is -2.20. The Kier molecular flexibility index (Phi) is 3.33. The second kappa shape index (κ2) is 5.28. The number of nitrogens with two attached hydrogens (primary N) is 1. The molecule has 4 nitrogen and oxygen atoms in total. The molecule has 0 amide bonds. The minimum atomic E-state index is -0.329. The Bertz CT molecular complexity index is 631. The lowest BCUT2D eigenvalue weighted by molar-refractivity contribution is 0.172. The SMILES string of the molecule is Nc1cc(COc2cccc(F)c2)cc2c1OCCO2. The van der Waals surface area contributed by atoms with Crippen LogP contribution in [0.5, 0.6) is 17.2 Å². The molecule has 0 saturated heterocycles. The summed E-state index contributed by atoms with van der Waals surface area (Å²) in [5.41, 5.74) is 7.27. The molecule has 0 bridgehead atoms. The van der Waals surface area contributed by atoms with Crippen molar-refractivity contribution in [1.29, 1.82) is 0 Å². The first kappa shape index (κ1) is 12.6. The number of ether oxygens (including phenoxy) is 3. The molecule has 0 fully saturated rings. The van der Waals surface area contributed by atoms with Crippen LogP contribution in [-0.4, -0.2) is 13.2 Å². The fraction of sp³-hybridized carbons (Fsp3) is 0.200. The van der Waals surface area contributed by atoms with Crippen LogP contribution in [0.4, 0.5) is 10.1 Å². The number of halogens is 1. The van der Waals surface area contributed by atoms with Gasteiger partial charge in [0.2, 0.25) is 0 Å². The van der Waals surface area contributed by atoms with Crippen molar-refractivity contribution >= 4 is 5.69 Å². The highest BCUT2D eigenvalue weighted by atomic mass is 19.1. The molecule has 0 unspecified atom stereocenters. The third-order valence-electron chi connectivity index (χ3n) is 2.93. The van der Waals surface area contributed by atoms with Crippen molar-refractivity contribution in [3.63, 3.8) is 0 Å². The molecule has 0 spiro atoms. The Hall–Kier alpha value is -2.43. The van der Waals surface area contributed by atoms with Gasteiger partial charge in [-0.05, 0) is 29.8 Å². The summed E-state index contributed by atoms with van der Waals surface area (Å²) in [5, 5.41) is 0. The highest BCUT2D eigenvalue weighted by Gasteiger charge is 2.16. The quantitative estimate of drug-likeness (QED) is 0.875. The topological polar surface area (TPSA) is 53.7 Å². The average Bonchev–Trinajstić information content (AvgIpc) is 2.45. The zero-order valence-electron chi connectivity index (χ0n) is 10.8. The normalized spacial score (nSPS) is 13.1. The first-order chi connectivity index (χ1) is 9.72. The molecule has 2 aromatic rings. The van der Waals surface area contributed by atoms with E-state index in [0.29, 0.717) is 36.1 Å². The molecule has 1 aliphatic rings. The summed E-state index contributed by atoms with van der Waals surface area (Å²) >= 11 is 0. The van der Waals surface area contributed by atoms with Gasteiger partial charge in [-0.1, -0.05) is 6.07 Å². The van der Waals surface area contributed by atoms with Gasteiger partial charge in [0.05, 0.1) is 5.69 Å². The molecule has 2 N–H and O–H groups in total. The van der Waals surface area contributed by atoms with Crippen molar-refractivity contribution in [3.05, 3.63) is 47.8 Å². The van der Waals surface area contributed by atoms with Gasteiger partial charge in [0, 0.05) is 6.07 Å². The highest BCUT2D eigenvalue weighted by molar-refractivity contribution is 5.62. The smallest absolute Gasteiger partial charge is 0.184 e. The molecule has 0 aromatic heterocycles. The Morgan fingerprint density at radius 1 is 1.15 bits per heavy atom. The summed E-state index contributed by atoms with van der Waals surface area (Å²) in [6.45, 7) is 1.28. The largest absolute Gasteiger partial charge is 0.489 e. The van der Waals surface area contributed by atoms with Crippen LogP contribution in [0.2, 0.25) is 0 Å². The fourth-order valence-electron chi connectivity index (χ4n) is 2.05. The molecule has 5 heteroatoms. The Morgan fingerprint density at radius 3 is 2.85 bits per heavy atom. The number of hydrogen-bond acceptors (Lipinski definition) is 4. The van der Waals surface area contributed by atoms with E-state index in [1.807, 2.05) is 6.07 Å². The maximum Gasteiger partial charge on any atom is 0.184 e. The minimum Gasteiger partial charge on any atom is -0.489 e. The molecule has 20 heavy (non-hydrogen) atoms. The predicted octanol–water partition coefficient (Wildman–Crippen LogP) is 2.76. The summed E-state index contributed by atoms with van der Waals surface area (Å²) in [4.78, 5) is 0. The van der Waals surface area contributed by atoms with Gasteiger partial charge in [0.25, 0.3) is 0 Å². The van der Waals surface area contributed by atoms with E-state index in [1.165, 1.54) is 12.1 Å². The van der Waals surface area contributed by atoms with E-state index in [2.05, 4.69) is 0 Å².